The van der Waals surface area contributed by atoms with Crippen LogP contribution in [0.5, 0.6) is 0 Å². The molecule has 0 amide bonds. The molecule has 0 saturated carbocycles. The Kier molecular flexibility index (Phi) is 3.92. The summed E-state index contributed by atoms with van der Waals surface area (Å²) in [4.78, 5) is 17.7. The lowest BCUT2D eigenvalue weighted by molar-refractivity contribution is -0.189. The zero-order valence-corrected chi connectivity index (χ0v) is 11.9. The predicted molar refractivity (Wildman–Crippen MR) is 72.2 cm³/mol. The maximum Gasteiger partial charge on any atom is 0.313 e. The Morgan fingerprint density at radius 3 is 2.47 bits per heavy atom. The van der Waals surface area contributed by atoms with Crippen molar-refractivity contribution in [2.24, 2.45) is 5.92 Å². The standard InChI is InChI=1S/C15H21NO3/c1-15(2,3)16-13(11-8-6-5-7-9-11)12(10-19-16)14(17)18-4/h5-9,12-13H,10H2,1-4H3/t12-,13-/m1/s1. The van der Waals surface area contributed by atoms with Crippen LogP contribution in [-0.4, -0.2) is 30.3 Å². The molecule has 1 saturated heterocycles. The average Bonchev–Trinajstić information content (AvgIpc) is 2.83. The van der Waals surface area contributed by atoms with Crippen molar-refractivity contribution < 1.29 is 14.4 Å². The van der Waals surface area contributed by atoms with Crippen molar-refractivity contribution >= 4 is 5.97 Å². The van der Waals surface area contributed by atoms with Crippen molar-refractivity contribution in [2.75, 3.05) is 13.7 Å². The normalized spacial score (nSPS) is 24.4. The van der Waals surface area contributed by atoms with Crippen molar-refractivity contribution in [3.8, 4) is 0 Å². The van der Waals surface area contributed by atoms with Crippen LogP contribution in [0.1, 0.15) is 32.4 Å². The van der Waals surface area contributed by atoms with Gasteiger partial charge in [0.2, 0.25) is 0 Å². The van der Waals surface area contributed by atoms with E-state index in [0.717, 1.165) is 5.56 Å². The fourth-order valence-corrected chi connectivity index (χ4v) is 2.47. The van der Waals surface area contributed by atoms with E-state index in [2.05, 4.69) is 20.8 Å². The van der Waals surface area contributed by atoms with Gasteiger partial charge in [0.05, 0.1) is 19.8 Å². The second-order valence-electron chi connectivity index (χ2n) is 5.78. The van der Waals surface area contributed by atoms with Gasteiger partial charge in [-0.05, 0) is 26.3 Å². The van der Waals surface area contributed by atoms with E-state index in [0.29, 0.717) is 6.61 Å². The number of benzene rings is 1. The summed E-state index contributed by atoms with van der Waals surface area (Å²) >= 11 is 0. The minimum absolute atomic E-state index is 0.103. The summed E-state index contributed by atoms with van der Waals surface area (Å²) < 4.78 is 4.90. The van der Waals surface area contributed by atoms with Crippen LogP contribution in [0, 0.1) is 5.92 Å². The van der Waals surface area contributed by atoms with E-state index in [9.17, 15) is 4.79 Å². The number of ether oxygens (including phenoxy) is 1. The fraction of sp³-hybridized carbons (Fsp3) is 0.533. The molecule has 0 spiro atoms. The quantitative estimate of drug-likeness (QED) is 0.769. The minimum atomic E-state index is -0.286. The first-order valence-corrected chi connectivity index (χ1v) is 6.50. The van der Waals surface area contributed by atoms with Crippen LogP contribution in [0.3, 0.4) is 0 Å². The number of methoxy groups -OCH3 is 1. The molecule has 0 N–H and O–H groups in total. The fourth-order valence-electron chi connectivity index (χ4n) is 2.47. The molecule has 1 aromatic carbocycles. The molecule has 0 bridgehead atoms. The molecule has 1 heterocycles. The van der Waals surface area contributed by atoms with Gasteiger partial charge in [-0.3, -0.25) is 9.63 Å². The largest absolute Gasteiger partial charge is 0.469 e. The van der Waals surface area contributed by atoms with Crippen molar-refractivity contribution in [3.05, 3.63) is 35.9 Å². The number of hydroxylamine groups is 2. The molecule has 2 atom stereocenters. The number of hydrogen-bond donors (Lipinski definition) is 0. The molecule has 4 heteroatoms. The smallest absolute Gasteiger partial charge is 0.313 e. The number of carbonyl (C=O) groups excluding carboxylic acids is 1. The first kappa shape index (κ1) is 14.0. The number of nitrogens with zero attached hydrogens (tertiary/aromatic N) is 1. The average molecular weight is 263 g/mol. The third kappa shape index (κ3) is 2.80. The van der Waals surface area contributed by atoms with Crippen molar-refractivity contribution in [2.45, 2.75) is 32.4 Å². The monoisotopic (exact) mass is 263 g/mol. The molecule has 1 fully saturated rings. The predicted octanol–water partition coefficient (Wildman–Crippen LogP) is 2.56. The molecule has 1 aliphatic heterocycles. The molecule has 1 aromatic rings. The third-order valence-corrected chi connectivity index (χ3v) is 3.33. The van der Waals surface area contributed by atoms with E-state index in [-0.39, 0.29) is 23.5 Å². The summed E-state index contributed by atoms with van der Waals surface area (Å²) in [5.41, 5.74) is 0.897. The lowest BCUT2D eigenvalue weighted by Gasteiger charge is -2.35. The Morgan fingerprint density at radius 2 is 1.95 bits per heavy atom. The number of esters is 1. The summed E-state index contributed by atoms with van der Waals surface area (Å²) in [7, 11) is 1.42. The van der Waals surface area contributed by atoms with Crippen molar-refractivity contribution in [3.63, 3.8) is 0 Å². The second kappa shape index (κ2) is 5.31. The highest BCUT2D eigenvalue weighted by Gasteiger charge is 2.46. The summed E-state index contributed by atoms with van der Waals surface area (Å²) in [6, 6.07) is 9.86. The van der Waals surface area contributed by atoms with Gasteiger partial charge in [0, 0.05) is 5.54 Å². The van der Waals surface area contributed by atoms with Gasteiger partial charge in [-0.25, -0.2) is 0 Å². The van der Waals surface area contributed by atoms with Gasteiger partial charge < -0.3 is 4.74 Å². The van der Waals surface area contributed by atoms with Crippen LogP contribution >= 0.6 is 0 Å². The third-order valence-electron chi connectivity index (χ3n) is 3.33. The summed E-state index contributed by atoms with van der Waals surface area (Å²) in [5, 5.41) is 1.91. The van der Waals surface area contributed by atoms with E-state index in [1.54, 1.807) is 0 Å². The van der Waals surface area contributed by atoms with E-state index >= 15 is 0 Å². The van der Waals surface area contributed by atoms with E-state index < -0.39 is 0 Å². The molecule has 104 valence electrons. The number of carbonyl (C=O) groups is 1. The molecule has 2 rings (SSSR count). The van der Waals surface area contributed by atoms with Gasteiger partial charge in [0.15, 0.2) is 0 Å². The topological polar surface area (TPSA) is 38.8 Å². The van der Waals surface area contributed by atoms with Crippen LogP contribution < -0.4 is 0 Å². The summed E-state index contributed by atoms with van der Waals surface area (Å²) in [6.45, 7) is 6.58. The Morgan fingerprint density at radius 1 is 1.32 bits per heavy atom. The van der Waals surface area contributed by atoms with Crippen LogP contribution in [0.25, 0.3) is 0 Å². The van der Waals surface area contributed by atoms with Gasteiger partial charge in [-0.15, -0.1) is 0 Å². The minimum Gasteiger partial charge on any atom is -0.469 e. The second-order valence-corrected chi connectivity index (χ2v) is 5.78. The van der Waals surface area contributed by atoms with E-state index in [1.807, 2.05) is 35.4 Å². The van der Waals surface area contributed by atoms with Crippen molar-refractivity contribution in [1.29, 1.82) is 0 Å². The maximum absolute atomic E-state index is 11.9. The number of rotatable bonds is 2. The molecule has 0 unspecified atom stereocenters. The first-order chi connectivity index (χ1) is 8.95. The van der Waals surface area contributed by atoms with Crippen molar-refractivity contribution in [1.82, 2.24) is 5.06 Å². The molecular weight excluding hydrogens is 242 g/mol. The van der Waals surface area contributed by atoms with Crippen LogP contribution in [0.15, 0.2) is 30.3 Å². The zero-order chi connectivity index (χ0) is 14.0. The lowest BCUT2D eigenvalue weighted by Crippen LogP contribution is -2.41. The van der Waals surface area contributed by atoms with Crippen LogP contribution in [-0.2, 0) is 14.4 Å². The molecule has 0 aromatic heterocycles. The highest BCUT2D eigenvalue weighted by atomic mass is 16.7. The molecule has 1 aliphatic rings. The highest BCUT2D eigenvalue weighted by Crippen LogP contribution is 2.40. The maximum atomic E-state index is 11.9. The zero-order valence-electron chi connectivity index (χ0n) is 11.9. The first-order valence-electron chi connectivity index (χ1n) is 6.50. The number of hydrogen-bond acceptors (Lipinski definition) is 4. The van der Waals surface area contributed by atoms with Crippen LogP contribution in [0.4, 0.5) is 0 Å². The molecule has 0 aliphatic carbocycles. The van der Waals surface area contributed by atoms with Gasteiger partial charge >= 0.3 is 5.97 Å². The SMILES string of the molecule is COC(=O)[C@@H]1CON(C(C)(C)C)[C@@H]1c1ccccc1. The van der Waals surface area contributed by atoms with Gasteiger partial charge in [0.25, 0.3) is 0 Å². The summed E-state index contributed by atoms with van der Waals surface area (Å²) in [5.74, 6) is -0.507. The van der Waals surface area contributed by atoms with Gasteiger partial charge in [-0.1, -0.05) is 30.3 Å². The van der Waals surface area contributed by atoms with Gasteiger partial charge in [0.1, 0.15) is 5.92 Å². The molecule has 0 radical (unpaired) electrons. The molecule has 4 nitrogen and oxygen atoms in total. The van der Waals surface area contributed by atoms with Crippen LogP contribution in [0.2, 0.25) is 0 Å². The van der Waals surface area contributed by atoms with E-state index in [4.69, 9.17) is 9.57 Å². The Bertz CT molecular complexity index is 438. The van der Waals surface area contributed by atoms with Gasteiger partial charge in [-0.2, -0.15) is 5.06 Å². The molecule has 19 heavy (non-hydrogen) atoms. The van der Waals surface area contributed by atoms with E-state index in [1.165, 1.54) is 7.11 Å². The lowest BCUT2D eigenvalue weighted by atomic mass is 9.92. The highest BCUT2D eigenvalue weighted by molar-refractivity contribution is 5.74. The summed E-state index contributed by atoms with van der Waals surface area (Å²) in [6.07, 6.45) is 0. The Labute approximate surface area is 114 Å². The molecular formula is C15H21NO3. The Hall–Kier alpha value is -1.39. The Balaban J connectivity index is 2.37.